The van der Waals surface area contributed by atoms with E-state index in [-0.39, 0.29) is 30.4 Å². The van der Waals surface area contributed by atoms with Gasteiger partial charge < -0.3 is 25.4 Å². The summed E-state index contributed by atoms with van der Waals surface area (Å²) >= 11 is 0. The van der Waals surface area contributed by atoms with Crippen molar-refractivity contribution in [3.8, 4) is 5.75 Å². The van der Waals surface area contributed by atoms with E-state index in [2.05, 4.69) is 25.9 Å². The number of benzene rings is 2. The number of amides is 2. The number of anilines is 4. The normalized spacial score (nSPS) is 14.3. The van der Waals surface area contributed by atoms with E-state index in [1.165, 1.54) is 24.3 Å². The molecule has 0 fully saturated rings. The predicted molar refractivity (Wildman–Crippen MR) is 128 cm³/mol. The summed E-state index contributed by atoms with van der Waals surface area (Å²) in [5, 5.41) is 8.21. The van der Waals surface area contributed by atoms with Crippen molar-refractivity contribution in [2.24, 2.45) is 0 Å². The Kier molecular flexibility index (Phi) is 6.76. The lowest BCUT2D eigenvalue weighted by molar-refractivity contribution is -0.123. The van der Waals surface area contributed by atoms with Gasteiger partial charge in [-0.2, -0.15) is 4.98 Å². The smallest absolute Gasteiger partial charge is 0.338 e. The lowest BCUT2D eigenvalue weighted by Gasteiger charge is -2.23. The van der Waals surface area contributed by atoms with Crippen molar-refractivity contribution >= 4 is 40.9 Å². The van der Waals surface area contributed by atoms with Crippen molar-refractivity contribution < 1.29 is 23.9 Å². The third kappa shape index (κ3) is 5.29. The fourth-order valence-corrected chi connectivity index (χ4v) is 3.60. The number of carbonyl (C=O) groups is 3. The number of methoxy groups -OCH3 is 1. The highest BCUT2D eigenvalue weighted by molar-refractivity contribution is 6.04. The average molecular weight is 477 g/mol. The molecule has 35 heavy (non-hydrogen) atoms. The molecule has 4 N–H and O–H groups in total. The average Bonchev–Trinajstić information content (AvgIpc) is 2.84. The number of nitrogens with zero attached hydrogens (tertiary/aromatic N) is 1. The van der Waals surface area contributed by atoms with Crippen LogP contribution in [0.4, 0.5) is 23.1 Å². The number of aromatic amines is 1. The van der Waals surface area contributed by atoms with Gasteiger partial charge in [0.1, 0.15) is 11.6 Å². The molecule has 11 heteroatoms. The second-order valence-corrected chi connectivity index (χ2v) is 7.62. The molecule has 1 aliphatic rings. The van der Waals surface area contributed by atoms with Gasteiger partial charge in [0.2, 0.25) is 17.8 Å². The van der Waals surface area contributed by atoms with Gasteiger partial charge in [0, 0.05) is 17.8 Å². The molecule has 0 bridgehead atoms. The Balaban J connectivity index is 1.54. The number of fused-ring (bicyclic) bond motifs is 1. The molecule has 0 saturated carbocycles. The lowest BCUT2D eigenvalue weighted by Crippen LogP contribution is -2.36. The molecule has 1 aliphatic heterocycles. The summed E-state index contributed by atoms with van der Waals surface area (Å²) in [6, 6.07) is 13.1. The van der Waals surface area contributed by atoms with Crippen molar-refractivity contribution in [1.82, 2.24) is 9.97 Å². The first-order chi connectivity index (χ1) is 16.9. The van der Waals surface area contributed by atoms with E-state index in [0.717, 1.165) is 0 Å². The van der Waals surface area contributed by atoms with Gasteiger partial charge in [0.15, 0.2) is 0 Å². The van der Waals surface area contributed by atoms with E-state index in [9.17, 15) is 19.2 Å². The van der Waals surface area contributed by atoms with Crippen LogP contribution in [0.25, 0.3) is 0 Å². The largest absolute Gasteiger partial charge is 0.497 e. The summed E-state index contributed by atoms with van der Waals surface area (Å²) in [7, 11) is 1.55. The van der Waals surface area contributed by atoms with Crippen molar-refractivity contribution in [3.05, 3.63) is 70.0 Å². The van der Waals surface area contributed by atoms with Gasteiger partial charge in [0.05, 0.1) is 30.8 Å². The van der Waals surface area contributed by atoms with Crippen LogP contribution in [0.5, 0.6) is 5.75 Å². The van der Waals surface area contributed by atoms with Crippen LogP contribution in [0, 0.1) is 0 Å². The van der Waals surface area contributed by atoms with E-state index < -0.39 is 29.3 Å². The SMILES string of the molecule is CCOC(=O)c1ccc(NC(=O)C2CC(=O)Nc3nc(Nc4ccc(OC)cc4)[nH]c(=O)c32)cc1. The van der Waals surface area contributed by atoms with Gasteiger partial charge in [-0.1, -0.05) is 0 Å². The van der Waals surface area contributed by atoms with E-state index >= 15 is 0 Å². The Labute approximate surface area is 199 Å². The third-order valence-corrected chi connectivity index (χ3v) is 5.28. The summed E-state index contributed by atoms with van der Waals surface area (Å²) in [6.45, 7) is 1.96. The molecule has 2 amide bonds. The first kappa shape index (κ1) is 23.5. The lowest BCUT2D eigenvalue weighted by atomic mass is 9.92. The number of H-pyrrole nitrogens is 1. The molecule has 0 radical (unpaired) electrons. The first-order valence-electron chi connectivity index (χ1n) is 10.8. The van der Waals surface area contributed by atoms with Gasteiger partial charge in [0.25, 0.3) is 5.56 Å². The molecule has 0 spiro atoms. The number of hydrogen-bond donors (Lipinski definition) is 4. The van der Waals surface area contributed by atoms with Gasteiger partial charge in [-0.3, -0.25) is 19.4 Å². The van der Waals surface area contributed by atoms with Crippen LogP contribution >= 0.6 is 0 Å². The number of nitrogens with one attached hydrogen (secondary N) is 4. The third-order valence-electron chi connectivity index (χ3n) is 5.28. The molecule has 0 aliphatic carbocycles. The van der Waals surface area contributed by atoms with Gasteiger partial charge in [-0.15, -0.1) is 0 Å². The molecule has 11 nitrogen and oxygen atoms in total. The Bertz CT molecular complexity index is 1320. The maximum absolute atomic E-state index is 13.0. The Morgan fingerprint density at radius 1 is 1.06 bits per heavy atom. The maximum atomic E-state index is 13.0. The van der Waals surface area contributed by atoms with E-state index in [0.29, 0.717) is 22.7 Å². The Hall–Kier alpha value is -4.67. The molecule has 1 aromatic heterocycles. The minimum absolute atomic E-state index is 0.0128. The summed E-state index contributed by atoms with van der Waals surface area (Å²) in [4.78, 5) is 56.9. The van der Waals surface area contributed by atoms with Crippen LogP contribution in [0.2, 0.25) is 0 Å². The zero-order valence-corrected chi connectivity index (χ0v) is 19.0. The van der Waals surface area contributed by atoms with Crippen molar-refractivity contribution in [2.45, 2.75) is 19.3 Å². The second kappa shape index (κ2) is 10.1. The van der Waals surface area contributed by atoms with Crippen molar-refractivity contribution in [2.75, 3.05) is 29.7 Å². The zero-order chi connectivity index (χ0) is 24.9. The van der Waals surface area contributed by atoms with Crippen LogP contribution in [-0.4, -0.2) is 41.5 Å². The van der Waals surface area contributed by atoms with Crippen molar-refractivity contribution in [1.29, 1.82) is 0 Å². The summed E-state index contributed by atoms with van der Waals surface area (Å²) in [5.74, 6) is -1.72. The minimum Gasteiger partial charge on any atom is -0.497 e. The summed E-state index contributed by atoms with van der Waals surface area (Å²) in [5.41, 5.74) is 0.883. The van der Waals surface area contributed by atoms with Gasteiger partial charge >= 0.3 is 5.97 Å². The number of rotatable bonds is 7. The first-order valence-corrected chi connectivity index (χ1v) is 10.8. The molecule has 0 saturated heterocycles. The van der Waals surface area contributed by atoms with E-state index in [1.54, 1.807) is 38.3 Å². The number of carbonyl (C=O) groups excluding carboxylic acids is 3. The number of aromatic nitrogens is 2. The fourth-order valence-electron chi connectivity index (χ4n) is 3.60. The van der Waals surface area contributed by atoms with E-state index in [4.69, 9.17) is 9.47 Å². The van der Waals surface area contributed by atoms with Crippen LogP contribution in [0.3, 0.4) is 0 Å². The van der Waals surface area contributed by atoms with Crippen LogP contribution < -0.4 is 26.2 Å². The molecule has 2 heterocycles. The molecule has 1 unspecified atom stereocenters. The van der Waals surface area contributed by atoms with Gasteiger partial charge in [-0.25, -0.2) is 4.79 Å². The predicted octanol–water partition coefficient (Wildman–Crippen LogP) is 2.76. The zero-order valence-electron chi connectivity index (χ0n) is 19.0. The molecular formula is C24H23N5O6. The molecule has 4 rings (SSSR count). The quantitative estimate of drug-likeness (QED) is 0.379. The maximum Gasteiger partial charge on any atom is 0.338 e. The summed E-state index contributed by atoms with van der Waals surface area (Å²) < 4.78 is 10.1. The molecular weight excluding hydrogens is 454 g/mol. The number of hydrogen-bond acceptors (Lipinski definition) is 8. The summed E-state index contributed by atoms with van der Waals surface area (Å²) in [6.07, 6.45) is -0.213. The highest BCUT2D eigenvalue weighted by Gasteiger charge is 2.34. The standard InChI is InChI=1S/C24H23N5O6/c1-3-35-23(33)13-4-6-14(7-5-13)25-21(31)17-12-18(30)27-20-19(17)22(32)29-24(28-20)26-15-8-10-16(34-2)11-9-15/h4-11,17H,3,12H2,1-2H3,(H,25,31)(H3,26,27,28,29,30,32). The number of ether oxygens (including phenoxy) is 2. The highest BCUT2D eigenvalue weighted by atomic mass is 16.5. The monoisotopic (exact) mass is 477 g/mol. The Morgan fingerprint density at radius 3 is 2.40 bits per heavy atom. The Morgan fingerprint density at radius 2 is 1.74 bits per heavy atom. The topological polar surface area (TPSA) is 152 Å². The van der Waals surface area contributed by atoms with Crippen LogP contribution in [0.15, 0.2) is 53.3 Å². The molecule has 3 aromatic rings. The molecule has 2 aromatic carbocycles. The van der Waals surface area contributed by atoms with Crippen molar-refractivity contribution in [3.63, 3.8) is 0 Å². The van der Waals surface area contributed by atoms with E-state index in [1.807, 2.05) is 0 Å². The molecule has 180 valence electrons. The number of esters is 1. The second-order valence-electron chi connectivity index (χ2n) is 7.62. The van der Waals surface area contributed by atoms with Crippen LogP contribution in [0.1, 0.15) is 35.2 Å². The minimum atomic E-state index is -1.05. The fraction of sp³-hybridized carbons (Fsp3) is 0.208. The van der Waals surface area contributed by atoms with Gasteiger partial charge in [-0.05, 0) is 55.5 Å². The van der Waals surface area contributed by atoms with Crippen LogP contribution in [-0.2, 0) is 14.3 Å². The molecule has 1 atom stereocenters. The highest BCUT2D eigenvalue weighted by Crippen LogP contribution is 2.30.